The number of rotatable bonds is 4. The highest BCUT2D eigenvalue weighted by atomic mass is 16.5. The molecule has 1 saturated heterocycles. The van der Waals surface area contributed by atoms with Crippen molar-refractivity contribution in [3.63, 3.8) is 0 Å². The highest BCUT2D eigenvalue weighted by Gasteiger charge is 2.49. The van der Waals surface area contributed by atoms with E-state index in [1.807, 2.05) is 0 Å². The van der Waals surface area contributed by atoms with Gasteiger partial charge < -0.3 is 14.5 Å². The van der Waals surface area contributed by atoms with Gasteiger partial charge in [0.2, 0.25) is 0 Å². The number of ether oxygens (including phenoxy) is 1. The van der Waals surface area contributed by atoms with Crippen molar-refractivity contribution < 1.29 is 18.7 Å². The Hall–Kier alpha value is -3.09. The maximum Gasteiger partial charge on any atom is 0.346 e. The molecule has 0 aliphatic carbocycles. The molecule has 1 aromatic carbocycles. The lowest BCUT2D eigenvalue weighted by molar-refractivity contribution is -0.131. The van der Waals surface area contributed by atoms with E-state index in [1.54, 1.807) is 50.4 Å². The van der Waals surface area contributed by atoms with Crippen LogP contribution in [0.1, 0.15) is 18.2 Å². The molecule has 118 valence electrons. The second-order valence-electron chi connectivity index (χ2n) is 5.16. The van der Waals surface area contributed by atoms with Crippen molar-refractivity contribution in [1.82, 2.24) is 10.3 Å². The Morgan fingerprint density at radius 3 is 2.61 bits per heavy atom. The number of amides is 3. The van der Waals surface area contributed by atoms with E-state index in [2.05, 4.69) is 10.4 Å². The van der Waals surface area contributed by atoms with Crippen molar-refractivity contribution in [2.75, 3.05) is 7.11 Å². The number of carbonyl (C=O) groups is 2. The standard InChI is InChI=1S/C16H15N3O4/c1-16(11-5-7-12(22-2)8-6-11)14(20)19(15(21)18-16)17-10-13-4-3-9-23-13/h3-10H,1-2H3,(H,18,21)/b17-10-/t16-/m1/s1. The van der Waals surface area contributed by atoms with Gasteiger partial charge in [0, 0.05) is 0 Å². The number of nitrogens with one attached hydrogen (secondary N) is 1. The summed E-state index contributed by atoms with van der Waals surface area (Å²) in [6, 6.07) is 9.70. The molecular weight excluding hydrogens is 298 g/mol. The minimum atomic E-state index is -1.18. The fourth-order valence-electron chi connectivity index (χ4n) is 2.33. The van der Waals surface area contributed by atoms with Crippen molar-refractivity contribution in [3.8, 4) is 5.75 Å². The highest BCUT2D eigenvalue weighted by molar-refractivity contribution is 6.07. The zero-order valence-corrected chi connectivity index (χ0v) is 12.6. The van der Waals surface area contributed by atoms with Crippen molar-refractivity contribution in [1.29, 1.82) is 0 Å². The van der Waals surface area contributed by atoms with E-state index in [4.69, 9.17) is 9.15 Å². The van der Waals surface area contributed by atoms with Crippen molar-refractivity contribution >= 4 is 18.2 Å². The van der Waals surface area contributed by atoms with Crippen molar-refractivity contribution in [2.45, 2.75) is 12.5 Å². The van der Waals surface area contributed by atoms with Gasteiger partial charge in [-0.1, -0.05) is 12.1 Å². The maximum atomic E-state index is 12.6. The Balaban J connectivity index is 1.86. The molecule has 1 atom stereocenters. The predicted octanol–water partition coefficient (Wildman–Crippen LogP) is 2.09. The van der Waals surface area contributed by atoms with Gasteiger partial charge in [-0.15, -0.1) is 5.01 Å². The number of carbonyl (C=O) groups excluding carboxylic acids is 2. The molecule has 1 aromatic heterocycles. The van der Waals surface area contributed by atoms with E-state index in [9.17, 15) is 9.59 Å². The molecule has 7 heteroatoms. The maximum absolute atomic E-state index is 12.6. The summed E-state index contributed by atoms with van der Waals surface area (Å²) in [6.07, 6.45) is 2.80. The first-order valence-corrected chi connectivity index (χ1v) is 6.93. The van der Waals surface area contributed by atoms with Crippen LogP contribution in [0.15, 0.2) is 52.2 Å². The number of hydrazone groups is 1. The molecule has 2 heterocycles. The summed E-state index contributed by atoms with van der Waals surface area (Å²) in [5.74, 6) is 0.654. The summed E-state index contributed by atoms with van der Waals surface area (Å²) in [7, 11) is 1.56. The molecule has 3 amide bonds. The molecule has 1 fully saturated rings. The van der Waals surface area contributed by atoms with E-state index in [-0.39, 0.29) is 0 Å². The minimum Gasteiger partial charge on any atom is -0.497 e. The third-order valence-electron chi connectivity index (χ3n) is 3.68. The van der Waals surface area contributed by atoms with E-state index in [0.29, 0.717) is 17.1 Å². The van der Waals surface area contributed by atoms with Crippen molar-refractivity contribution in [3.05, 3.63) is 54.0 Å². The Bertz CT molecular complexity index is 752. The predicted molar refractivity (Wildman–Crippen MR) is 82.0 cm³/mol. The van der Waals surface area contributed by atoms with E-state index in [1.165, 1.54) is 12.5 Å². The zero-order valence-electron chi connectivity index (χ0n) is 12.6. The second-order valence-corrected chi connectivity index (χ2v) is 5.16. The molecule has 1 aliphatic heterocycles. The number of imide groups is 1. The van der Waals surface area contributed by atoms with Crippen LogP contribution in [0.3, 0.4) is 0 Å². The van der Waals surface area contributed by atoms with Crippen molar-refractivity contribution in [2.24, 2.45) is 5.10 Å². The summed E-state index contributed by atoms with van der Waals surface area (Å²) in [5.41, 5.74) is -0.531. The summed E-state index contributed by atoms with van der Waals surface area (Å²) >= 11 is 0. The van der Waals surface area contributed by atoms with Gasteiger partial charge in [0.25, 0.3) is 5.91 Å². The van der Waals surface area contributed by atoms with Gasteiger partial charge in [-0.05, 0) is 36.8 Å². The van der Waals surface area contributed by atoms with E-state index in [0.717, 1.165) is 5.01 Å². The third kappa shape index (κ3) is 2.57. The van der Waals surface area contributed by atoms with Gasteiger partial charge >= 0.3 is 6.03 Å². The molecule has 0 radical (unpaired) electrons. The third-order valence-corrected chi connectivity index (χ3v) is 3.68. The molecule has 3 rings (SSSR count). The lowest BCUT2D eigenvalue weighted by Crippen LogP contribution is -2.40. The number of hydrogen-bond acceptors (Lipinski definition) is 5. The molecule has 1 N–H and O–H groups in total. The number of benzene rings is 1. The van der Waals surface area contributed by atoms with Crippen LogP contribution in [0.2, 0.25) is 0 Å². The fraction of sp³-hybridized carbons (Fsp3) is 0.188. The first kappa shape index (κ1) is 14.8. The van der Waals surface area contributed by atoms with Crippen LogP contribution < -0.4 is 10.1 Å². The lowest BCUT2D eigenvalue weighted by Gasteiger charge is -2.21. The summed E-state index contributed by atoms with van der Waals surface area (Å²) in [5, 5.41) is 7.38. The molecule has 1 aliphatic rings. The molecule has 0 spiro atoms. The summed E-state index contributed by atoms with van der Waals surface area (Å²) in [6.45, 7) is 1.64. The van der Waals surface area contributed by atoms with Gasteiger partial charge in [-0.2, -0.15) is 5.10 Å². The molecule has 2 aromatic rings. The van der Waals surface area contributed by atoms with Crippen LogP contribution in [0, 0.1) is 0 Å². The number of methoxy groups -OCH3 is 1. The van der Waals surface area contributed by atoms with Crippen LogP contribution in [0.4, 0.5) is 4.79 Å². The first-order chi connectivity index (χ1) is 11.0. The molecule has 23 heavy (non-hydrogen) atoms. The second kappa shape index (κ2) is 5.60. The largest absolute Gasteiger partial charge is 0.497 e. The molecule has 0 bridgehead atoms. The van der Waals surface area contributed by atoms with Crippen LogP contribution in [-0.4, -0.2) is 30.3 Å². The van der Waals surface area contributed by atoms with E-state index >= 15 is 0 Å². The molecule has 0 saturated carbocycles. The van der Waals surface area contributed by atoms with Crippen LogP contribution in [0.5, 0.6) is 5.75 Å². The number of nitrogens with zero attached hydrogens (tertiary/aromatic N) is 2. The number of furan rings is 1. The minimum absolute atomic E-state index is 0.448. The average molecular weight is 313 g/mol. The summed E-state index contributed by atoms with van der Waals surface area (Å²) in [4.78, 5) is 24.7. The Labute approximate surface area is 132 Å². The van der Waals surface area contributed by atoms with Gasteiger partial charge in [-0.3, -0.25) is 4.79 Å². The number of urea groups is 1. The molecule has 7 nitrogen and oxygen atoms in total. The highest BCUT2D eigenvalue weighted by Crippen LogP contribution is 2.30. The monoisotopic (exact) mass is 313 g/mol. The van der Waals surface area contributed by atoms with Gasteiger partial charge in [0.15, 0.2) is 0 Å². The Kier molecular flexibility index (Phi) is 3.61. The first-order valence-electron chi connectivity index (χ1n) is 6.93. The Morgan fingerprint density at radius 1 is 1.26 bits per heavy atom. The number of hydrogen-bond donors (Lipinski definition) is 1. The Morgan fingerprint density at radius 2 is 2.00 bits per heavy atom. The van der Waals surface area contributed by atoms with Crippen LogP contribution in [0.25, 0.3) is 0 Å². The van der Waals surface area contributed by atoms with E-state index < -0.39 is 17.5 Å². The lowest BCUT2D eigenvalue weighted by atomic mass is 9.92. The molecular formula is C16H15N3O4. The SMILES string of the molecule is COc1ccc([C@@]2(C)NC(=O)N(/N=C\c3ccco3)C2=O)cc1. The zero-order chi connectivity index (χ0) is 16.4. The van der Waals surface area contributed by atoms with Crippen LogP contribution >= 0.6 is 0 Å². The molecule has 0 unspecified atom stereocenters. The summed E-state index contributed by atoms with van der Waals surface area (Å²) < 4.78 is 10.2. The van der Waals surface area contributed by atoms with Crippen LogP contribution in [-0.2, 0) is 10.3 Å². The quantitative estimate of drug-likeness (QED) is 0.692. The van der Waals surface area contributed by atoms with Gasteiger partial charge in [0.1, 0.15) is 17.0 Å². The van der Waals surface area contributed by atoms with Gasteiger partial charge in [-0.25, -0.2) is 4.79 Å². The van der Waals surface area contributed by atoms with Gasteiger partial charge in [0.05, 0.1) is 19.6 Å². The smallest absolute Gasteiger partial charge is 0.346 e. The normalized spacial score (nSPS) is 21.0. The average Bonchev–Trinajstić information content (AvgIpc) is 3.14. The topological polar surface area (TPSA) is 84.1 Å². The fourth-order valence-corrected chi connectivity index (χ4v) is 2.33.